The summed E-state index contributed by atoms with van der Waals surface area (Å²) in [4.78, 5) is 14.6. The van der Waals surface area contributed by atoms with Gasteiger partial charge in [-0.05, 0) is 54.9 Å². The molecule has 0 atom stereocenters. The predicted molar refractivity (Wildman–Crippen MR) is 120 cm³/mol. The lowest BCUT2D eigenvalue weighted by Gasteiger charge is -2.29. The first-order chi connectivity index (χ1) is 14.1. The molecule has 1 heterocycles. The van der Waals surface area contributed by atoms with Crippen LogP contribution in [0.2, 0.25) is 5.02 Å². The van der Waals surface area contributed by atoms with E-state index in [4.69, 9.17) is 28.6 Å². The van der Waals surface area contributed by atoms with Crippen LogP contribution in [0.15, 0.2) is 54.2 Å². The van der Waals surface area contributed by atoms with E-state index in [1.807, 2.05) is 54.6 Å². The van der Waals surface area contributed by atoms with Crippen molar-refractivity contribution in [1.29, 1.82) is 0 Å². The molecular weight excluding hydrogens is 404 g/mol. The topological polar surface area (TPSA) is 41.6 Å². The zero-order chi connectivity index (χ0) is 20.2. The number of carbonyl (C=O) groups excluding carboxylic acids is 1. The molecule has 150 valence electrons. The van der Waals surface area contributed by atoms with Crippen LogP contribution in [0.5, 0.6) is 5.75 Å². The Hall–Kier alpha value is -2.37. The van der Waals surface area contributed by atoms with Crippen LogP contribution < -0.4 is 10.1 Å². The van der Waals surface area contributed by atoms with E-state index < -0.39 is 0 Å². The van der Waals surface area contributed by atoms with E-state index >= 15 is 0 Å². The molecule has 0 aromatic heterocycles. The predicted octanol–water partition coefficient (Wildman–Crippen LogP) is 5.31. The van der Waals surface area contributed by atoms with Gasteiger partial charge in [-0.15, -0.1) is 0 Å². The largest absolute Gasteiger partial charge is 0.489 e. The number of thiocarbonyl (C=S) groups is 1. The van der Waals surface area contributed by atoms with Gasteiger partial charge in [-0.2, -0.15) is 0 Å². The minimum absolute atomic E-state index is 0.0269. The van der Waals surface area contributed by atoms with Crippen LogP contribution in [0.4, 0.5) is 0 Å². The highest BCUT2D eigenvalue weighted by atomic mass is 35.5. The maximum absolute atomic E-state index is 12.8. The number of benzene rings is 2. The molecule has 0 bridgehead atoms. The molecule has 4 rings (SSSR count). The number of rotatable bonds is 5. The Morgan fingerprint density at radius 1 is 1.10 bits per heavy atom. The van der Waals surface area contributed by atoms with E-state index in [9.17, 15) is 4.79 Å². The van der Waals surface area contributed by atoms with Crippen molar-refractivity contribution in [1.82, 2.24) is 10.2 Å². The van der Waals surface area contributed by atoms with Crippen LogP contribution in [-0.2, 0) is 11.4 Å². The van der Waals surface area contributed by atoms with Gasteiger partial charge in [-0.1, -0.05) is 61.2 Å². The first-order valence-corrected chi connectivity index (χ1v) is 10.7. The summed E-state index contributed by atoms with van der Waals surface area (Å²) in [6.07, 6.45) is 7.45. The fraction of sp³-hybridized carbons (Fsp3) is 0.304. The summed E-state index contributed by atoms with van der Waals surface area (Å²) < 4.78 is 5.82. The highest BCUT2D eigenvalue weighted by Crippen LogP contribution is 2.27. The van der Waals surface area contributed by atoms with Gasteiger partial charge in [0.1, 0.15) is 18.1 Å². The zero-order valence-corrected chi connectivity index (χ0v) is 17.6. The smallest absolute Gasteiger partial charge is 0.276 e. The summed E-state index contributed by atoms with van der Waals surface area (Å²) in [5.41, 5.74) is 2.39. The van der Waals surface area contributed by atoms with E-state index in [2.05, 4.69) is 5.32 Å². The van der Waals surface area contributed by atoms with Gasteiger partial charge in [-0.25, -0.2) is 0 Å². The molecule has 1 saturated heterocycles. The highest BCUT2D eigenvalue weighted by molar-refractivity contribution is 7.80. The van der Waals surface area contributed by atoms with E-state index in [0.29, 0.717) is 22.4 Å². The quantitative estimate of drug-likeness (QED) is 0.519. The van der Waals surface area contributed by atoms with Gasteiger partial charge in [0.15, 0.2) is 5.11 Å². The van der Waals surface area contributed by atoms with Crippen molar-refractivity contribution in [3.63, 3.8) is 0 Å². The molecule has 6 heteroatoms. The average molecular weight is 427 g/mol. The maximum atomic E-state index is 12.8. The van der Waals surface area contributed by atoms with Crippen molar-refractivity contribution in [3.05, 3.63) is 70.4 Å². The number of hydrogen-bond donors (Lipinski definition) is 1. The zero-order valence-electron chi connectivity index (χ0n) is 16.1. The van der Waals surface area contributed by atoms with Gasteiger partial charge in [0.05, 0.1) is 0 Å². The monoisotopic (exact) mass is 426 g/mol. The third-order valence-electron chi connectivity index (χ3n) is 5.39. The van der Waals surface area contributed by atoms with Gasteiger partial charge in [0.25, 0.3) is 5.91 Å². The molecule has 2 aliphatic rings. The second-order valence-corrected chi connectivity index (χ2v) is 8.20. The van der Waals surface area contributed by atoms with Crippen molar-refractivity contribution in [2.24, 2.45) is 0 Å². The van der Waals surface area contributed by atoms with Crippen molar-refractivity contribution in [2.45, 2.75) is 44.8 Å². The van der Waals surface area contributed by atoms with Gasteiger partial charge < -0.3 is 10.1 Å². The first kappa shape index (κ1) is 19.9. The minimum Gasteiger partial charge on any atom is -0.489 e. The Morgan fingerprint density at radius 3 is 2.55 bits per heavy atom. The summed E-state index contributed by atoms with van der Waals surface area (Å²) in [5.74, 6) is 0.720. The number of halogens is 1. The molecule has 1 N–H and O–H groups in total. The molecule has 2 aromatic carbocycles. The number of carbonyl (C=O) groups is 1. The molecule has 2 fully saturated rings. The number of ether oxygens (including phenoxy) is 1. The summed E-state index contributed by atoms with van der Waals surface area (Å²) in [5, 5.41) is 4.30. The lowest BCUT2D eigenvalue weighted by Crippen LogP contribution is -2.41. The second kappa shape index (κ2) is 8.97. The number of nitrogens with one attached hydrogen (secondary N) is 1. The standard InChI is InChI=1S/C23H23ClN2O2S/c24-20-9-5-4-6-17(20)15-28-19-12-10-16(11-13-19)14-21-22(27)26(23(29)25-21)18-7-2-1-3-8-18/h4-6,9-14,18H,1-3,7-8,15H2,(H,25,29)/b21-14-. The van der Waals surface area contributed by atoms with Crippen LogP contribution in [0, 0.1) is 0 Å². The lowest BCUT2D eigenvalue weighted by atomic mass is 9.94. The Balaban J connectivity index is 1.41. The van der Waals surface area contributed by atoms with E-state index in [0.717, 1.165) is 42.6 Å². The normalized spacial score (nSPS) is 18.9. The molecule has 0 spiro atoms. The van der Waals surface area contributed by atoms with Crippen molar-refractivity contribution in [3.8, 4) is 5.75 Å². The number of nitrogens with zero attached hydrogens (tertiary/aromatic N) is 1. The Bertz CT molecular complexity index is 936. The Morgan fingerprint density at radius 2 is 1.83 bits per heavy atom. The van der Waals surface area contributed by atoms with Gasteiger partial charge in [0.2, 0.25) is 0 Å². The van der Waals surface area contributed by atoms with Crippen molar-refractivity contribution < 1.29 is 9.53 Å². The molecule has 4 nitrogen and oxygen atoms in total. The van der Waals surface area contributed by atoms with Gasteiger partial charge in [0, 0.05) is 16.6 Å². The molecule has 1 aliphatic heterocycles. The summed E-state index contributed by atoms with van der Waals surface area (Å²) in [7, 11) is 0. The van der Waals surface area contributed by atoms with Gasteiger partial charge >= 0.3 is 0 Å². The average Bonchev–Trinajstić information content (AvgIpc) is 3.02. The van der Waals surface area contributed by atoms with Crippen LogP contribution in [0.25, 0.3) is 6.08 Å². The van der Waals surface area contributed by atoms with Crippen LogP contribution >= 0.6 is 23.8 Å². The van der Waals surface area contributed by atoms with Crippen molar-refractivity contribution >= 4 is 40.9 Å². The lowest BCUT2D eigenvalue weighted by molar-refractivity contribution is -0.124. The number of hydrogen-bond acceptors (Lipinski definition) is 3. The van der Waals surface area contributed by atoms with E-state index in [-0.39, 0.29) is 11.9 Å². The van der Waals surface area contributed by atoms with E-state index in [1.165, 1.54) is 6.42 Å². The fourth-order valence-electron chi connectivity index (χ4n) is 3.82. The molecule has 0 unspecified atom stereocenters. The molecule has 1 amide bonds. The van der Waals surface area contributed by atoms with Crippen LogP contribution in [0.3, 0.4) is 0 Å². The SMILES string of the molecule is O=C1/C(=C/c2ccc(OCc3ccccc3Cl)cc2)NC(=S)N1C1CCCCC1. The molecule has 2 aromatic rings. The third kappa shape index (κ3) is 4.62. The van der Waals surface area contributed by atoms with Crippen molar-refractivity contribution in [2.75, 3.05) is 0 Å². The fourth-order valence-corrected chi connectivity index (χ4v) is 4.36. The summed E-state index contributed by atoms with van der Waals surface area (Å²) in [6.45, 7) is 0.408. The second-order valence-electron chi connectivity index (χ2n) is 7.40. The molecule has 1 saturated carbocycles. The molecule has 29 heavy (non-hydrogen) atoms. The molecule has 0 radical (unpaired) electrons. The Labute approximate surface area is 181 Å². The molecule has 1 aliphatic carbocycles. The maximum Gasteiger partial charge on any atom is 0.276 e. The Kier molecular flexibility index (Phi) is 6.16. The first-order valence-electron chi connectivity index (χ1n) is 9.94. The summed E-state index contributed by atoms with van der Waals surface area (Å²) in [6, 6.07) is 15.5. The van der Waals surface area contributed by atoms with Gasteiger partial charge in [-0.3, -0.25) is 9.69 Å². The molecular formula is C23H23ClN2O2S. The summed E-state index contributed by atoms with van der Waals surface area (Å²) >= 11 is 11.6. The van der Waals surface area contributed by atoms with E-state index in [1.54, 1.807) is 4.90 Å². The highest BCUT2D eigenvalue weighted by Gasteiger charge is 2.36. The third-order valence-corrected chi connectivity index (χ3v) is 6.06. The van der Waals surface area contributed by atoms with Crippen LogP contribution in [0.1, 0.15) is 43.2 Å². The van der Waals surface area contributed by atoms with Crippen LogP contribution in [-0.4, -0.2) is 22.0 Å². The minimum atomic E-state index is -0.0269. The number of amides is 1.